The molecule has 1 fully saturated rings. The van der Waals surface area contributed by atoms with Crippen molar-refractivity contribution in [3.8, 4) is 0 Å². The molecule has 1 aliphatic heterocycles. The monoisotopic (exact) mass is 389 g/mol. The number of fused-ring (bicyclic) bond motifs is 1. The van der Waals surface area contributed by atoms with Gasteiger partial charge in [0.15, 0.2) is 17.7 Å². The van der Waals surface area contributed by atoms with Gasteiger partial charge in [0.1, 0.15) is 23.8 Å². The van der Waals surface area contributed by atoms with E-state index < -0.39 is 31.1 Å². The minimum absolute atomic E-state index is 0.144. The molecule has 1 aliphatic carbocycles. The van der Waals surface area contributed by atoms with Crippen LogP contribution >= 0.6 is 0 Å². The van der Waals surface area contributed by atoms with E-state index in [0.717, 1.165) is 24.8 Å². The van der Waals surface area contributed by atoms with Crippen LogP contribution < -0.4 is 11.2 Å². The van der Waals surface area contributed by atoms with Crippen LogP contribution in [0.1, 0.15) is 31.9 Å². The van der Waals surface area contributed by atoms with Crippen molar-refractivity contribution in [2.24, 2.45) is 5.10 Å². The molecule has 28 heavy (non-hydrogen) atoms. The van der Waals surface area contributed by atoms with Gasteiger partial charge >= 0.3 is 0 Å². The number of allylic oxidation sites excluding steroid dienone is 2. The highest BCUT2D eigenvalue weighted by molar-refractivity contribution is 5.83. The highest BCUT2D eigenvalue weighted by atomic mass is 16.6. The molecule has 4 rings (SSSR count). The van der Waals surface area contributed by atoms with E-state index in [1.165, 1.54) is 17.3 Å². The molecule has 0 radical (unpaired) electrons. The zero-order valence-electron chi connectivity index (χ0n) is 15.1. The number of aromatic nitrogens is 4. The lowest BCUT2D eigenvalue weighted by Gasteiger charge is -2.16. The lowest BCUT2D eigenvalue weighted by atomic mass is 10.0. The number of aliphatic hydroxyl groups is 3. The van der Waals surface area contributed by atoms with E-state index in [-0.39, 0.29) is 11.8 Å². The van der Waals surface area contributed by atoms with Gasteiger partial charge in [-0.05, 0) is 31.3 Å². The number of nitrogens with one attached hydrogen (secondary N) is 1. The van der Waals surface area contributed by atoms with Gasteiger partial charge in [0.2, 0.25) is 5.95 Å². The minimum Gasteiger partial charge on any atom is -0.394 e. The SMILES string of the molecule is Nc1nc(N/N=C/C2=CCCCC2)nc2c1ncn2C1O[C@H](CO)[C@@H](O)[C@H]1O. The summed E-state index contributed by atoms with van der Waals surface area (Å²) in [6.07, 6.45) is 5.36. The summed E-state index contributed by atoms with van der Waals surface area (Å²) in [7, 11) is 0. The van der Waals surface area contributed by atoms with Crippen molar-refractivity contribution in [1.29, 1.82) is 0 Å². The lowest BCUT2D eigenvalue weighted by Crippen LogP contribution is -2.33. The van der Waals surface area contributed by atoms with Gasteiger partial charge in [0.25, 0.3) is 0 Å². The van der Waals surface area contributed by atoms with Crippen molar-refractivity contribution in [2.45, 2.75) is 50.2 Å². The fourth-order valence-electron chi connectivity index (χ4n) is 3.44. The Morgan fingerprint density at radius 1 is 1.32 bits per heavy atom. The average molecular weight is 389 g/mol. The van der Waals surface area contributed by atoms with E-state index in [9.17, 15) is 15.3 Å². The molecule has 150 valence electrons. The third-order valence-corrected chi connectivity index (χ3v) is 4.96. The maximum Gasteiger partial charge on any atom is 0.247 e. The molecule has 0 bridgehead atoms. The number of nitrogens with zero attached hydrogens (tertiary/aromatic N) is 5. The summed E-state index contributed by atoms with van der Waals surface area (Å²) in [6.45, 7) is -0.421. The Kier molecular flexibility index (Phi) is 5.22. The summed E-state index contributed by atoms with van der Waals surface area (Å²) in [5.74, 6) is 0.316. The summed E-state index contributed by atoms with van der Waals surface area (Å²) in [5, 5.41) is 33.7. The molecule has 0 amide bonds. The largest absolute Gasteiger partial charge is 0.394 e. The third-order valence-electron chi connectivity index (χ3n) is 4.96. The summed E-state index contributed by atoms with van der Waals surface area (Å²) in [6, 6.07) is 0. The zero-order chi connectivity index (χ0) is 19.7. The molecule has 11 nitrogen and oxygen atoms in total. The number of nitrogen functional groups attached to an aromatic ring is 1. The Labute approximate surface area is 160 Å². The third kappa shape index (κ3) is 3.44. The number of hydrogen-bond donors (Lipinski definition) is 5. The Morgan fingerprint density at radius 3 is 2.89 bits per heavy atom. The first kappa shape index (κ1) is 18.7. The summed E-state index contributed by atoms with van der Waals surface area (Å²) >= 11 is 0. The van der Waals surface area contributed by atoms with Gasteiger partial charge in [-0.3, -0.25) is 4.57 Å². The van der Waals surface area contributed by atoms with E-state index in [1.54, 1.807) is 6.21 Å². The van der Waals surface area contributed by atoms with E-state index in [1.807, 2.05) is 0 Å². The van der Waals surface area contributed by atoms with Gasteiger partial charge in [-0.1, -0.05) is 6.08 Å². The molecule has 0 spiro atoms. The smallest absolute Gasteiger partial charge is 0.247 e. The quantitative estimate of drug-likeness (QED) is 0.347. The molecule has 4 atom stereocenters. The van der Waals surface area contributed by atoms with Crippen molar-refractivity contribution in [2.75, 3.05) is 17.8 Å². The van der Waals surface area contributed by atoms with Crippen LogP contribution in [0.5, 0.6) is 0 Å². The normalized spacial score (nSPS) is 28.2. The number of imidazole rings is 1. The number of rotatable bonds is 5. The molecule has 1 unspecified atom stereocenters. The van der Waals surface area contributed by atoms with Crippen LogP contribution in [0.25, 0.3) is 11.2 Å². The number of aliphatic hydroxyl groups excluding tert-OH is 3. The van der Waals surface area contributed by atoms with Crippen LogP contribution in [0.3, 0.4) is 0 Å². The van der Waals surface area contributed by atoms with Crippen molar-refractivity contribution in [3.63, 3.8) is 0 Å². The van der Waals surface area contributed by atoms with Gasteiger partial charge in [-0.15, -0.1) is 0 Å². The van der Waals surface area contributed by atoms with Crippen LogP contribution in [0.15, 0.2) is 23.1 Å². The molecule has 0 saturated carbocycles. The first-order valence-electron chi connectivity index (χ1n) is 9.19. The van der Waals surface area contributed by atoms with Crippen LogP contribution in [-0.2, 0) is 4.74 Å². The van der Waals surface area contributed by atoms with E-state index in [2.05, 4.69) is 31.6 Å². The highest BCUT2D eigenvalue weighted by Gasteiger charge is 2.44. The van der Waals surface area contributed by atoms with Gasteiger partial charge in [0.05, 0.1) is 19.1 Å². The predicted molar refractivity (Wildman–Crippen MR) is 101 cm³/mol. The number of hydrazone groups is 1. The molecule has 3 heterocycles. The maximum atomic E-state index is 10.3. The molecular formula is C17H23N7O4. The number of nitrogens with two attached hydrogens (primary N) is 1. The molecule has 1 saturated heterocycles. The molecule has 6 N–H and O–H groups in total. The topological polar surface area (TPSA) is 164 Å². The van der Waals surface area contributed by atoms with Gasteiger partial charge in [-0.25, -0.2) is 10.4 Å². The Balaban J connectivity index is 1.60. The molecular weight excluding hydrogens is 366 g/mol. The van der Waals surface area contributed by atoms with E-state index >= 15 is 0 Å². The Morgan fingerprint density at radius 2 is 2.18 bits per heavy atom. The molecule has 2 aromatic heterocycles. The van der Waals surface area contributed by atoms with Gasteiger partial charge in [0, 0.05) is 0 Å². The summed E-state index contributed by atoms with van der Waals surface area (Å²) in [5.41, 5.74) is 10.5. The van der Waals surface area contributed by atoms with Crippen molar-refractivity contribution in [3.05, 3.63) is 18.0 Å². The molecule has 0 aromatic carbocycles. The first-order chi connectivity index (χ1) is 13.6. The second-order valence-electron chi connectivity index (χ2n) is 6.88. The molecule has 2 aliphatic rings. The van der Waals surface area contributed by atoms with Crippen molar-refractivity contribution >= 4 is 29.1 Å². The van der Waals surface area contributed by atoms with Crippen LogP contribution in [0, 0.1) is 0 Å². The fourth-order valence-corrected chi connectivity index (χ4v) is 3.44. The van der Waals surface area contributed by atoms with E-state index in [4.69, 9.17) is 10.5 Å². The predicted octanol–water partition coefficient (Wildman–Crippen LogP) is -0.0819. The van der Waals surface area contributed by atoms with Gasteiger partial charge in [-0.2, -0.15) is 15.1 Å². The highest BCUT2D eigenvalue weighted by Crippen LogP contribution is 2.32. The molecule has 2 aromatic rings. The average Bonchev–Trinajstić information content (AvgIpc) is 3.24. The molecule has 11 heteroatoms. The summed E-state index contributed by atoms with van der Waals surface area (Å²) < 4.78 is 7.00. The first-order valence-corrected chi connectivity index (χ1v) is 9.19. The maximum absolute atomic E-state index is 10.3. The second kappa shape index (κ2) is 7.80. The van der Waals surface area contributed by atoms with Crippen molar-refractivity contribution in [1.82, 2.24) is 19.5 Å². The van der Waals surface area contributed by atoms with Crippen LogP contribution in [0.2, 0.25) is 0 Å². The second-order valence-corrected chi connectivity index (χ2v) is 6.88. The van der Waals surface area contributed by atoms with Crippen LogP contribution in [0.4, 0.5) is 11.8 Å². The Hall–Kier alpha value is -2.60. The zero-order valence-corrected chi connectivity index (χ0v) is 15.1. The number of hydrogen-bond acceptors (Lipinski definition) is 10. The minimum atomic E-state index is -1.25. The van der Waals surface area contributed by atoms with Gasteiger partial charge < -0.3 is 25.8 Å². The standard InChI is InChI=1S/C17H23N7O4/c18-14-11-15(22-17(21-14)23-20-6-9-4-2-1-3-5-9)24(8-19-11)16-13(27)12(26)10(7-25)28-16/h4,6,8,10,12-13,16,25-27H,1-3,5,7H2,(H3,18,21,22,23)/b20-6+/t10-,12-,13-,16?/m1/s1. The van der Waals surface area contributed by atoms with E-state index in [0.29, 0.717) is 11.2 Å². The summed E-state index contributed by atoms with van der Waals surface area (Å²) in [4.78, 5) is 12.7. The number of anilines is 2. The van der Waals surface area contributed by atoms with Crippen molar-refractivity contribution < 1.29 is 20.1 Å². The fraction of sp³-hybridized carbons (Fsp3) is 0.529. The number of ether oxygens (including phenoxy) is 1. The lowest BCUT2D eigenvalue weighted by molar-refractivity contribution is -0.0511. The van der Waals surface area contributed by atoms with Crippen LogP contribution in [-0.4, -0.2) is 66.0 Å². The Bertz CT molecular complexity index is 912.